The molecular weight excluding hydrogens is 471 g/mol. The lowest BCUT2D eigenvalue weighted by atomic mass is 10.1. The summed E-state index contributed by atoms with van der Waals surface area (Å²) < 4.78 is 1.72. The van der Waals surface area contributed by atoms with Gasteiger partial charge in [-0.3, -0.25) is 4.79 Å². The van der Waals surface area contributed by atoms with Crippen molar-refractivity contribution in [2.24, 2.45) is 0 Å². The number of carbonyl (C=O) groups excluding carboxylic acids is 1. The fraction of sp³-hybridized carbons (Fsp3) is 0.0400. The Kier molecular flexibility index (Phi) is 6.12. The molecule has 2 aromatic carbocycles. The predicted octanol–water partition coefficient (Wildman–Crippen LogP) is 5.96. The third kappa shape index (κ3) is 4.71. The van der Waals surface area contributed by atoms with E-state index in [1.807, 2.05) is 36.4 Å². The molecule has 0 aliphatic carbocycles. The second kappa shape index (κ2) is 9.51. The van der Waals surface area contributed by atoms with Gasteiger partial charge in [0.2, 0.25) is 0 Å². The molecule has 7 nitrogen and oxygen atoms in total. The van der Waals surface area contributed by atoms with Gasteiger partial charge in [-0.1, -0.05) is 47.5 Å². The first-order valence-corrected chi connectivity index (χ1v) is 11.2. The van der Waals surface area contributed by atoms with E-state index in [4.69, 9.17) is 28.2 Å². The van der Waals surface area contributed by atoms with Crippen LogP contribution in [0, 0.1) is 0 Å². The van der Waals surface area contributed by atoms with Gasteiger partial charge in [0.05, 0.1) is 11.9 Å². The van der Waals surface area contributed by atoms with E-state index >= 15 is 0 Å². The summed E-state index contributed by atoms with van der Waals surface area (Å²) >= 11 is 12.3. The molecule has 0 saturated carbocycles. The molecule has 34 heavy (non-hydrogen) atoms. The number of hydrogen-bond donors (Lipinski definition) is 2. The van der Waals surface area contributed by atoms with Crippen LogP contribution >= 0.6 is 23.2 Å². The van der Waals surface area contributed by atoms with Gasteiger partial charge in [-0.25, -0.2) is 9.97 Å². The van der Waals surface area contributed by atoms with Gasteiger partial charge < -0.3 is 10.6 Å². The molecule has 0 radical (unpaired) electrons. The Bertz CT molecular complexity index is 1470. The third-order valence-electron chi connectivity index (χ3n) is 5.18. The smallest absolute Gasteiger partial charge is 0.256 e. The van der Waals surface area contributed by atoms with Crippen molar-refractivity contribution in [2.45, 2.75) is 6.54 Å². The molecule has 3 heterocycles. The number of nitrogens with one attached hydrogen (secondary N) is 2. The van der Waals surface area contributed by atoms with E-state index in [0.717, 1.165) is 22.6 Å². The molecule has 3 aromatic heterocycles. The van der Waals surface area contributed by atoms with E-state index < -0.39 is 0 Å². The van der Waals surface area contributed by atoms with Crippen molar-refractivity contribution < 1.29 is 4.79 Å². The van der Waals surface area contributed by atoms with E-state index in [0.29, 0.717) is 33.6 Å². The summed E-state index contributed by atoms with van der Waals surface area (Å²) in [5.41, 5.74) is 3.74. The summed E-state index contributed by atoms with van der Waals surface area (Å²) in [4.78, 5) is 21.3. The number of pyridine rings is 1. The average Bonchev–Trinajstić information content (AvgIpc) is 3.33. The van der Waals surface area contributed by atoms with Crippen molar-refractivity contribution in [3.05, 3.63) is 106 Å². The highest BCUT2D eigenvalue weighted by molar-refractivity contribution is 6.35. The summed E-state index contributed by atoms with van der Waals surface area (Å²) in [5.74, 6) is 1.03. The third-order valence-corrected chi connectivity index (χ3v) is 5.77. The molecular formula is C25H18Cl2N6O. The minimum atomic E-state index is -0.230. The maximum absolute atomic E-state index is 12.5. The van der Waals surface area contributed by atoms with Crippen LogP contribution in [0.2, 0.25) is 10.0 Å². The van der Waals surface area contributed by atoms with Crippen molar-refractivity contribution in [2.75, 3.05) is 10.6 Å². The second-order valence-corrected chi connectivity index (χ2v) is 8.31. The van der Waals surface area contributed by atoms with Gasteiger partial charge in [0.15, 0.2) is 5.65 Å². The number of nitrogens with zero attached hydrogens (tertiary/aromatic N) is 4. The molecule has 0 fully saturated rings. The van der Waals surface area contributed by atoms with Crippen molar-refractivity contribution in [1.29, 1.82) is 0 Å². The summed E-state index contributed by atoms with van der Waals surface area (Å²) in [7, 11) is 0. The Morgan fingerprint density at radius 3 is 2.56 bits per heavy atom. The fourth-order valence-corrected chi connectivity index (χ4v) is 3.93. The molecule has 0 bridgehead atoms. The minimum Gasteiger partial charge on any atom is -0.366 e. The maximum atomic E-state index is 12.5. The first-order chi connectivity index (χ1) is 16.6. The molecule has 2 N–H and O–H groups in total. The number of fused-ring (bicyclic) bond motifs is 1. The van der Waals surface area contributed by atoms with Crippen LogP contribution in [0.4, 0.5) is 11.6 Å². The lowest BCUT2D eigenvalue weighted by molar-refractivity contribution is 0.102. The van der Waals surface area contributed by atoms with Crippen LogP contribution < -0.4 is 10.6 Å². The van der Waals surface area contributed by atoms with E-state index in [1.54, 1.807) is 53.3 Å². The summed E-state index contributed by atoms with van der Waals surface area (Å²) in [6.07, 6.45) is 3.32. The second-order valence-electron chi connectivity index (χ2n) is 7.46. The van der Waals surface area contributed by atoms with Crippen LogP contribution in [-0.2, 0) is 6.54 Å². The highest BCUT2D eigenvalue weighted by Gasteiger charge is 2.11. The maximum Gasteiger partial charge on any atom is 0.256 e. The van der Waals surface area contributed by atoms with Crippen molar-refractivity contribution in [3.8, 4) is 11.3 Å². The molecule has 1 amide bonds. The summed E-state index contributed by atoms with van der Waals surface area (Å²) in [6, 6.07) is 21.7. The number of aromatic nitrogens is 4. The van der Waals surface area contributed by atoms with Gasteiger partial charge >= 0.3 is 0 Å². The van der Waals surface area contributed by atoms with E-state index in [1.165, 1.54) is 0 Å². The Balaban J connectivity index is 1.39. The number of rotatable bonds is 6. The molecule has 0 spiro atoms. The zero-order valence-electron chi connectivity index (χ0n) is 17.7. The van der Waals surface area contributed by atoms with Crippen LogP contribution in [0.5, 0.6) is 0 Å². The van der Waals surface area contributed by atoms with Crippen LogP contribution in [0.1, 0.15) is 15.9 Å². The predicted molar refractivity (Wildman–Crippen MR) is 134 cm³/mol. The van der Waals surface area contributed by atoms with Crippen LogP contribution in [0.3, 0.4) is 0 Å². The largest absolute Gasteiger partial charge is 0.366 e. The normalized spacial score (nSPS) is 10.9. The highest BCUT2D eigenvalue weighted by atomic mass is 35.5. The molecule has 0 saturated heterocycles. The Hall–Kier alpha value is -3.94. The van der Waals surface area contributed by atoms with Gasteiger partial charge in [0.1, 0.15) is 11.6 Å². The fourth-order valence-electron chi connectivity index (χ4n) is 3.46. The molecule has 168 valence electrons. The lowest BCUT2D eigenvalue weighted by Gasteiger charge is -2.12. The van der Waals surface area contributed by atoms with Gasteiger partial charge in [-0.15, -0.1) is 0 Å². The topological polar surface area (TPSA) is 84.2 Å². The molecule has 0 aliphatic rings. The van der Waals surface area contributed by atoms with Gasteiger partial charge in [-0.05, 0) is 42.0 Å². The van der Waals surface area contributed by atoms with Crippen molar-refractivity contribution in [1.82, 2.24) is 19.6 Å². The number of halogens is 2. The minimum absolute atomic E-state index is 0.230. The molecule has 9 heteroatoms. The Morgan fingerprint density at radius 1 is 0.941 bits per heavy atom. The number of benzene rings is 2. The lowest BCUT2D eigenvalue weighted by Crippen LogP contribution is -2.12. The van der Waals surface area contributed by atoms with Crippen LogP contribution in [0.25, 0.3) is 16.9 Å². The average molecular weight is 489 g/mol. The van der Waals surface area contributed by atoms with Crippen molar-refractivity contribution in [3.63, 3.8) is 0 Å². The summed E-state index contributed by atoms with van der Waals surface area (Å²) in [6.45, 7) is 0.487. The number of amides is 1. The van der Waals surface area contributed by atoms with Gasteiger partial charge in [0, 0.05) is 46.0 Å². The van der Waals surface area contributed by atoms with Crippen LogP contribution in [-0.4, -0.2) is 25.5 Å². The molecule has 0 atom stereocenters. The Morgan fingerprint density at radius 2 is 1.79 bits per heavy atom. The van der Waals surface area contributed by atoms with Crippen LogP contribution in [0.15, 0.2) is 85.2 Å². The molecule has 5 rings (SSSR count). The van der Waals surface area contributed by atoms with Crippen molar-refractivity contribution >= 4 is 46.4 Å². The number of anilines is 2. The standard InChI is InChI=1S/C25H18Cl2N6O/c26-19-9-8-18(20(27)13-19)15-29-24-14-21(31-23-10-12-30-33(23)24)16-4-6-17(7-5-16)25(34)32-22-3-1-2-11-28-22/h1-14,29H,15H2,(H,28,32,34). The molecule has 0 unspecified atom stereocenters. The SMILES string of the molecule is O=C(Nc1ccccn1)c1ccc(-c2cc(NCc3ccc(Cl)cc3Cl)n3nccc3n2)cc1. The zero-order valence-corrected chi connectivity index (χ0v) is 19.3. The first-order valence-electron chi connectivity index (χ1n) is 10.4. The molecule has 0 aliphatic heterocycles. The quantitative estimate of drug-likeness (QED) is 0.307. The Labute approximate surface area is 205 Å². The summed E-state index contributed by atoms with van der Waals surface area (Å²) in [5, 5.41) is 11.7. The first kappa shape index (κ1) is 21.9. The van der Waals surface area contributed by atoms with E-state index in [9.17, 15) is 4.79 Å². The molecule has 5 aromatic rings. The van der Waals surface area contributed by atoms with Gasteiger partial charge in [0.25, 0.3) is 5.91 Å². The number of carbonyl (C=O) groups is 1. The monoisotopic (exact) mass is 488 g/mol. The highest BCUT2D eigenvalue weighted by Crippen LogP contribution is 2.25. The van der Waals surface area contributed by atoms with E-state index in [-0.39, 0.29) is 5.91 Å². The van der Waals surface area contributed by atoms with E-state index in [2.05, 4.69) is 20.7 Å². The van der Waals surface area contributed by atoms with Gasteiger partial charge in [-0.2, -0.15) is 9.61 Å². The number of hydrogen-bond acceptors (Lipinski definition) is 5. The zero-order chi connectivity index (χ0) is 23.5.